The van der Waals surface area contributed by atoms with E-state index in [0.717, 1.165) is 0 Å². The van der Waals surface area contributed by atoms with Crippen molar-refractivity contribution >= 4 is 5.97 Å². The molecule has 0 bridgehead atoms. The molecule has 27 heavy (non-hydrogen) atoms. The zero-order valence-corrected chi connectivity index (χ0v) is 17.9. The third kappa shape index (κ3) is 10.7. The molecule has 0 radical (unpaired) electrons. The fourth-order valence-corrected chi connectivity index (χ4v) is 2.89. The Labute approximate surface area is 165 Å². The van der Waals surface area contributed by atoms with Gasteiger partial charge >= 0.3 is 5.97 Å². The number of allylic oxidation sites excluding steroid dienone is 9. The lowest BCUT2D eigenvalue weighted by atomic mass is 9.72. The summed E-state index contributed by atoms with van der Waals surface area (Å²) >= 11 is 0. The largest absolute Gasteiger partial charge is 0.480 e. The molecule has 0 aromatic heterocycles. The van der Waals surface area contributed by atoms with E-state index in [9.17, 15) is 4.79 Å². The molecule has 0 aliphatic heterocycles. The zero-order valence-electron chi connectivity index (χ0n) is 17.9. The van der Waals surface area contributed by atoms with Crippen LogP contribution in [0.25, 0.3) is 0 Å². The van der Waals surface area contributed by atoms with E-state index in [2.05, 4.69) is 65.0 Å². The second kappa shape index (κ2) is 12.5. The van der Waals surface area contributed by atoms with Crippen molar-refractivity contribution in [1.29, 1.82) is 0 Å². The maximum Gasteiger partial charge on any atom is 0.320 e. The first-order valence-corrected chi connectivity index (χ1v) is 9.59. The molecule has 0 saturated heterocycles. The molecule has 4 nitrogen and oxygen atoms in total. The van der Waals surface area contributed by atoms with E-state index in [1.54, 1.807) is 5.57 Å². The van der Waals surface area contributed by atoms with Gasteiger partial charge in [0.25, 0.3) is 0 Å². The number of hydrogen-bond acceptors (Lipinski definition) is 3. The Morgan fingerprint density at radius 1 is 1.26 bits per heavy atom. The van der Waals surface area contributed by atoms with Crippen LogP contribution in [0.1, 0.15) is 60.8 Å². The molecule has 0 aromatic rings. The van der Waals surface area contributed by atoms with Crippen molar-refractivity contribution in [3.05, 3.63) is 58.7 Å². The average molecular weight is 375 g/mol. The van der Waals surface area contributed by atoms with Gasteiger partial charge in [0.1, 0.15) is 6.04 Å². The summed E-state index contributed by atoms with van der Waals surface area (Å²) in [5.74, 6) is -0.963. The summed E-state index contributed by atoms with van der Waals surface area (Å²) in [5, 5.41) is 7.87. The maximum atomic E-state index is 9.57. The fraction of sp³-hybridized carbons (Fsp3) is 0.522. The van der Waals surface area contributed by atoms with E-state index in [1.807, 2.05) is 6.08 Å². The Bertz CT molecular complexity index is 633. The molecule has 0 fully saturated rings. The minimum atomic E-state index is -0.963. The minimum Gasteiger partial charge on any atom is -0.480 e. The van der Waals surface area contributed by atoms with Gasteiger partial charge in [0.05, 0.1) is 0 Å². The van der Waals surface area contributed by atoms with Crippen LogP contribution >= 0.6 is 0 Å². The summed E-state index contributed by atoms with van der Waals surface area (Å²) in [5.41, 5.74) is 16.2. The Kier molecular flexibility index (Phi) is 11.6. The first-order valence-electron chi connectivity index (χ1n) is 9.59. The molecule has 0 heterocycles. The monoisotopic (exact) mass is 374 g/mol. The van der Waals surface area contributed by atoms with Crippen LogP contribution in [0.3, 0.4) is 0 Å². The van der Waals surface area contributed by atoms with E-state index in [4.69, 9.17) is 16.6 Å². The van der Waals surface area contributed by atoms with Crippen LogP contribution in [0.4, 0.5) is 0 Å². The van der Waals surface area contributed by atoms with Crippen LogP contribution in [-0.4, -0.2) is 23.7 Å². The van der Waals surface area contributed by atoms with Crippen molar-refractivity contribution in [1.82, 2.24) is 0 Å². The molecule has 1 aliphatic carbocycles. The molecule has 152 valence electrons. The van der Waals surface area contributed by atoms with Gasteiger partial charge in [0.2, 0.25) is 0 Å². The van der Waals surface area contributed by atoms with Gasteiger partial charge in [-0.2, -0.15) is 0 Å². The fourth-order valence-electron chi connectivity index (χ4n) is 2.89. The Balaban J connectivity index is 0.000000972. The second-order valence-corrected chi connectivity index (χ2v) is 7.85. The summed E-state index contributed by atoms with van der Waals surface area (Å²) in [7, 11) is 0. The van der Waals surface area contributed by atoms with E-state index < -0.39 is 12.0 Å². The number of carboxylic acids is 1. The first kappa shape index (κ1) is 25.1. The highest BCUT2D eigenvalue weighted by molar-refractivity contribution is 5.72. The van der Waals surface area contributed by atoms with Crippen LogP contribution in [0.15, 0.2) is 58.7 Å². The van der Waals surface area contributed by atoms with Gasteiger partial charge in [-0.05, 0) is 57.9 Å². The van der Waals surface area contributed by atoms with Crippen molar-refractivity contribution in [3.63, 3.8) is 0 Å². The van der Waals surface area contributed by atoms with E-state index in [0.29, 0.717) is 12.0 Å². The highest BCUT2D eigenvalue weighted by atomic mass is 16.4. The van der Waals surface area contributed by atoms with Crippen molar-refractivity contribution in [2.45, 2.75) is 66.8 Å². The first-order chi connectivity index (χ1) is 12.5. The zero-order chi connectivity index (χ0) is 21.0. The van der Waals surface area contributed by atoms with Gasteiger partial charge in [-0.15, -0.1) is 0 Å². The molecule has 1 atom stereocenters. The molecule has 0 spiro atoms. The summed E-state index contributed by atoms with van der Waals surface area (Å²) in [4.78, 5) is 9.57. The van der Waals surface area contributed by atoms with Crippen LogP contribution in [-0.2, 0) is 4.79 Å². The lowest BCUT2D eigenvalue weighted by Crippen LogP contribution is -2.25. The van der Waals surface area contributed by atoms with Crippen LogP contribution in [0, 0.1) is 5.41 Å². The topological polar surface area (TPSA) is 89.3 Å². The number of rotatable bonds is 6. The summed E-state index contributed by atoms with van der Waals surface area (Å²) in [6.45, 7) is 13.2. The number of carboxylic acid groups (broad SMARTS) is 1. The van der Waals surface area contributed by atoms with E-state index in [1.165, 1.54) is 42.9 Å². The summed E-state index contributed by atoms with van der Waals surface area (Å²) < 4.78 is 0. The summed E-state index contributed by atoms with van der Waals surface area (Å²) in [6, 6.07) is -0.731. The molecule has 0 saturated carbocycles. The van der Waals surface area contributed by atoms with Gasteiger partial charge in [-0.1, -0.05) is 67.0 Å². The van der Waals surface area contributed by atoms with Crippen LogP contribution in [0.2, 0.25) is 0 Å². The van der Waals surface area contributed by atoms with E-state index >= 15 is 0 Å². The smallest absolute Gasteiger partial charge is 0.320 e. The van der Waals surface area contributed by atoms with Crippen LogP contribution < -0.4 is 11.5 Å². The Morgan fingerprint density at radius 2 is 1.85 bits per heavy atom. The van der Waals surface area contributed by atoms with Gasteiger partial charge in [-0.3, -0.25) is 4.79 Å². The van der Waals surface area contributed by atoms with E-state index in [-0.39, 0.29) is 0 Å². The van der Waals surface area contributed by atoms with Crippen molar-refractivity contribution in [2.75, 3.05) is 6.54 Å². The predicted octanol–water partition coefficient (Wildman–Crippen LogP) is 4.89. The lowest BCUT2D eigenvalue weighted by Gasteiger charge is -2.32. The van der Waals surface area contributed by atoms with Crippen molar-refractivity contribution < 1.29 is 9.90 Å². The van der Waals surface area contributed by atoms with Gasteiger partial charge in [-0.25, -0.2) is 0 Å². The second-order valence-electron chi connectivity index (χ2n) is 7.85. The molecular formula is C23H38N2O2. The van der Waals surface area contributed by atoms with Crippen molar-refractivity contribution in [2.24, 2.45) is 16.9 Å². The third-order valence-corrected chi connectivity index (χ3v) is 4.60. The highest BCUT2D eigenvalue weighted by Gasteiger charge is 2.26. The van der Waals surface area contributed by atoms with Gasteiger partial charge in [0, 0.05) is 6.54 Å². The molecule has 0 aromatic carbocycles. The van der Waals surface area contributed by atoms with Gasteiger partial charge in [0.15, 0.2) is 0 Å². The highest BCUT2D eigenvalue weighted by Crippen LogP contribution is 2.40. The molecular weight excluding hydrogens is 336 g/mol. The molecule has 0 amide bonds. The third-order valence-electron chi connectivity index (χ3n) is 4.60. The molecule has 0 unspecified atom stereocenters. The number of aliphatic carboxylic acids is 1. The predicted molar refractivity (Wildman–Crippen MR) is 116 cm³/mol. The molecule has 1 aliphatic rings. The minimum absolute atomic E-state index is 0.315. The quantitative estimate of drug-likeness (QED) is 0.577. The Morgan fingerprint density at radius 3 is 2.33 bits per heavy atom. The average Bonchev–Trinajstić information content (AvgIpc) is 2.54. The normalized spacial score (nSPS) is 19.3. The lowest BCUT2D eigenvalue weighted by molar-refractivity contribution is -0.138. The molecule has 1 rings (SSSR count). The molecule has 4 heteroatoms. The SMILES string of the molecule is CC(C=CC1=C(C)CCCC1(C)C)=CC=CC(C)=CCN.C[C@@H](N)C(=O)O. The Hall–Kier alpha value is -1.91. The maximum absolute atomic E-state index is 9.57. The number of nitrogens with two attached hydrogens (primary N) is 2. The van der Waals surface area contributed by atoms with Crippen molar-refractivity contribution in [3.8, 4) is 0 Å². The molecule has 5 N–H and O–H groups in total. The standard InChI is InChI=1S/C20H31N.C3H7NO2/c1-16(8-6-9-17(2)13-15-21)11-12-19-18(3)10-7-14-20(19,4)5;1-2(4)3(5)6/h6,8-9,11-13H,7,10,14-15,21H2,1-5H3;2H,4H2,1H3,(H,5,6)/t;2-/m.1/s1. The number of hydrogen-bond donors (Lipinski definition) is 3. The number of carbonyl (C=O) groups is 1. The van der Waals surface area contributed by atoms with Gasteiger partial charge < -0.3 is 16.6 Å². The summed E-state index contributed by atoms with van der Waals surface area (Å²) in [6.07, 6.45) is 16.8. The van der Waals surface area contributed by atoms with Crippen LogP contribution in [0.5, 0.6) is 0 Å².